The molecule has 0 amide bonds. The molecule has 0 aliphatic heterocycles. The largest absolute Gasteiger partial charge is 0.473 e. The van der Waals surface area contributed by atoms with Crippen LogP contribution in [0.3, 0.4) is 0 Å². The minimum absolute atomic E-state index is 0.493. The average Bonchev–Trinajstić information content (AvgIpc) is 2.74. The fourth-order valence-electron chi connectivity index (χ4n) is 2.59. The maximum Gasteiger partial charge on any atom is 0.218 e. The molecule has 2 N–H and O–H groups in total. The van der Waals surface area contributed by atoms with E-state index in [0.29, 0.717) is 19.0 Å². The highest BCUT2D eigenvalue weighted by atomic mass is 16.5. The summed E-state index contributed by atoms with van der Waals surface area (Å²) in [4.78, 5) is 9.05. The van der Waals surface area contributed by atoms with E-state index in [1.165, 1.54) is 0 Å². The monoisotopic (exact) mass is 384 g/mol. The highest BCUT2D eigenvalue weighted by Gasteiger charge is 2.06. The van der Waals surface area contributed by atoms with Crippen LogP contribution in [-0.4, -0.2) is 37.2 Å². The van der Waals surface area contributed by atoms with Gasteiger partial charge >= 0.3 is 0 Å². The number of pyridine rings is 1. The van der Waals surface area contributed by atoms with Crippen molar-refractivity contribution in [3.63, 3.8) is 0 Å². The van der Waals surface area contributed by atoms with Gasteiger partial charge in [-0.25, -0.2) is 9.98 Å². The number of nitrogens with one attached hydrogen (secondary N) is 2. The lowest BCUT2D eigenvalue weighted by Gasteiger charge is -2.12. The second kappa shape index (κ2) is 13.6. The van der Waals surface area contributed by atoms with Crippen LogP contribution in [0.4, 0.5) is 0 Å². The van der Waals surface area contributed by atoms with Gasteiger partial charge in [0.05, 0.1) is 6.54 Å². The van der Waals surface area contributed by atoms with Crippen LogP contribution in [0, 0.1) is 0 Å². The number of aromatic nitrogens is 1. The topological polar surface area (TPSA) is 67.8 Å². The van der Waals surface area contributed by atoms with Gasteiger partial charge in [0.25, 0.3) is 0 Å². The van der Waals surface area contributed by atoms with E-state index in [-0.39, 0.29) is 0 Å². The number of nitrogens with zero attached hydrogens (tertiary/aromatic N) is 2. The molecule has 0 saturated heterocycles. The molecule has 2 rings (SSSR count). The smallest absolute Gasteiger partial charge is 0.218 e. The maximum absolute atomic E-state index is 5.92. The molecule has 6 heteroatoms. The first-order chi connectivity index (χ1) is 13.8. The number of ether oxygens (including phenoxy) is 2. The van der Waals surface area contributed by atoms with E-state index >= 15 is 0 Å². The van der Waals surface area contributed by atoms with Gasteiger partial charge in [-0.3, -0.25) is 0 Å². The van der Waals surface area contributed by atoms with E-state index in [1.54, 1.807) is 6.20 Å². The number of aliphatic imine (C=N–C) groups is 1. The number of hydrogen-bond acceptors (Lipinski definition) is 4. The molecule has 152 valence electrons. The Kier molecular flexibility index (Phi) is 10.5. The maximum atomic E-state index is 5.92. The fourth-order valence-corrected chi connectivity index (χ4v) is 2.59. The summed E-state index contributed by atoms with van der Waals surface area (Å²) in [6.45, 7) is 8.34. The summed E-state index contributed by atoms with van der Waals surface area (Å²) in [7, 11) is 0. The van der Waals surface area contributed by atoms with Gasteiger partial charge in [-0.15, -0.1) is 0 Å². The van der Waals surface area contributed by atoms with Crippen LogP contribution >= 0.6 is 0 Å². The minimum Gasteiger partial charge on any atom is -0.473 e. The predicted octanol–water partition coefficient (Wildman–Crippen LogP) is 3.53. The lowest BCUT2D eigenvalue weighted by molar-refractivity contribution is 0.143. The van der Waals surface area contributed by atoms with Crippen molar-refractivity contribution in [2.24, 2.45) is 4.99 Å². The first-order valence-corrected chi connectivity index (χ1v) is 10.0. The summed E-state index contributed by atoms with van der Waals surface area (Å²) in [6.07, 6.45) is 3.83. The molecule has 0 fully saturated rings. The molecule has 2 aromatic rings. The fraction of sp³-hybridized carbons (Fsp3) is 0.455. The molecule has 28 heavy (non-hydrogen) atoms. The van der Waals surface area contributed by atoms with E-state index in [4.69, 9.17) is 9.47 Å². The summed E-state index contributed by atoms with van der Waals surface area (Å²) >= 11 is 0. The van der Waals surface area contributed by atoms with E-state index in [0.717, 1.165) is 56.2 Å². The second-order valence-electron chi connectivity index (χ2n) is 6.27. The lowest BCUT2D eigenvalue weighted by Crippen LogP contribution is -2.37. The van der Waals surface area contributed by atoms with Crippen LogP contribution in [0.5, 0.6) is 5.88 Å². The van der Waals surface area contributed by atoms with Crippen LogP contribution in [0.25, 0.3) is 0 Å². The Morgan fingerprint density at radius 1 is 1.04 bits per heavy atom. The Labute approximate surface area is 168 Å². The van der Waals surface area contributed by atoms with Crippen molar-refractivity contribution in [1.29, 1.82) is 0 Å². The normalized spacial score (nSPS) is 11.3. The van der Waals surface area contributed by atoms with Crippen LogP contribution in [0.1, 0.15) is 37.8 Å². The Morgan fingerprint density at radius 2 is 1.89 bits per heavy atom. The molecule has 0 aliphatic rings. The summed E-state index contributed by atoms with van der Waals surface area (Å²) < 4.78 is 11.3. The summed E-state index contributed by atoms with van der Waals surface area (Å²) in [5.74, 6) is 1.43. The van der Waals surface area contributed by atoms with E-state index in [9.17, 15) is 0 Å². The molecule has 1 aromatic carbocycles. The zero-order chi connectivity index (χ0) is 19.9. The molecule has 0 radical (unpaired) electrons. The van der Waals surface area contributed by atoms with Gasteiger partial charge < -0.3 is 20.1 Å². The zero-order valence-electron chi connectivity index (χ0n) is 17.0. The van der Waals surface area contributed by atoms with E-state index in [2.05, 4.69) is 27.5 Å². The van der Waals surface area contributed by atoms with Gasteiger partial charge in [-0.1, -0.05) is 36.4 Å². The van der Waals surface area contributed by atoms with Crippen molar-refractivity contribution in [2.75, 3.05) is 26.3 Å². The van der Waals surface area contributed by atoms with Crippen LogP contribution < -0.4 is 15.4 Å². The molecule has 1 aromatic heterocycles. The Bertz CT molecular complexity index is 692. The molecule has 0 aliphatic carbocycles. The third kappa shape index (κ3) is 8.39. The highest BCUT2D eigenvalue weighted by Crippen LogP contribution is 2.17. The number of hydrogen-bond donors (Lipinski definition) is 2. The van der Waals surface area contributed by atoms with Crippen LogP contribution in [0.15, 0.2) is 53.7 Å². The standard InChI is InChI=1S/C22H32N4O2/c1-3-23-22(25-14-8-9-16-27-4-2)26-17-20-13-10-15-24-21(20)28-18-19-11-6-5-7-12-19/h5-7,10-13,15H,3-4,8-9,14,16-18H2,1-2H3,(H2,23,25,26). The van der Waals surface area contributed by atoms with Gasteiger partial charge in [-0.2, -0.15) is 0 Å². The van der Waals surface area contributed by atoms with Gasteiger partial charge in [-0.05, 0) is 38.3 Å². The predicted molar refractivity (Wildman–Crippen MR) is 114 cm³/mol. The SMILES string of the molecule is CCNC(=NCc1cccnc1OCc1ccccc1)NCCCCOCC. The molecular weight excluding hydrogens is 352 g/mol. The number of rotatable bonds is 12. The summed E-state index contributed by atoms with van der Waals surface area (Å²) in [5, 5.41) is 6.65. The molecule has 0 atom stereocenters. The van der Waals surface area contributed by atoms with E-state index in [1.807, 2.05) is 49.4 Å². The molecule has 6 nitrogen and oxygen atoms in total. The minimum atomic E-state index is 0.493. The molecule has 0 bridgehead atoms. The third-order valence-electron chi connectivity index (χ3n) is 4.03. The summed E-state index contributed by atoms with van der Waals surface area (Å²) in [5.41, 5.74) is 2.08. The summed E-state index contributed by atoms with van der Waals surface area (Å²) in [6, 6.07) is 14.0. The van der Waals surface area contributed by atoms with Crippen molar-refractivity contribution in [3.8, 4) is 5.88 Å². The number of unbranched alkanes of at least 4 members (excludes halogenated alkanes) is 1. The quantitative estimate of drug-likeness (QED) is 0.333. The second-order valence-corrected chi connectivity index (χ2v) is 6.27. The Morgan fingerprint density at radius 3 is 2.68 bits per heavy atom. The zero-order valence-corrected chi connectivity index (χ0v) is 17.0. The lowest BCUT2D eigenvalue weighted by atomic mass is 10.2. The number of guanidine groups is 1. The Hall–Kier alpha value is -2.60. The molecule has 0 saturated carbocycles. The van der Waals surface area contributed by atoms with Gasteiger partial charge in [0.15, 0.2) is 5.96 Å². The van der Waals surface area contributed by atoms with Gasteiger partial charge in [0.2, 0.25) is 5.88 Å². The molecule has 1 heterocycles. The Balaban J connectivity index is 1.88. The van der Waals surface area contributed by atoms with Crippen LogP contribution in [0.2, 0.25) is 0 Å². The van der Waals surface area contributed by atoms with Crippen LogP contribution in [-0.2, 0) is 17.9 Å². The third-order valence-corrected chi connectivity index (χ3v) is 4.03. The van der Waals surface area contributed by atoms with Crippen molar-refractivity contribution in [3.05, 3.63) is 59.8 Å². The first kappa shape index (κ1) is 21.7. The van der Waals surface area contributed by atoms with Gasteiger partial charge in [0, 0.05) is 38.1 Å². The van der Waals surface area contributed by atoms with Crippen molar-refractivity contribution < 1.29 is 9.47 Å². The average molecular weight is 385 g/mol. The van der Waals surface area contributed by atoms with Crippen molar-refractivity contribution in [1.82, 2.24) is 15.6 Å². The van der Waals surface area contributed by atoms with Crippen molar-refractivity contribution >= 4 is 5.96 Å². The van der Waals surface area contributed by atoms with E-state index < -0.39 is 0 Å². The first-order valence-electron chi connectivity index (χ1n) is 10.0. The molecule has 0 unspecified atom stereocenters. The number of benzene rings is 1. The van der Waals surface area contributed by atoms with Gasteiger partial charge in [0.1, 0.15) is 6.61 Å². The highest BCUT2D eigenvalue weighted by molar-refractivity contribution is 5.79. The van der Waals surface area contributed by atoms with Crippen molar-refractivity contribution in [2.45, 2.75) is 39.8 Å². The molecular formula is C22H32N4O2. The molecule has 0 spiro atoms.